The molecule has 0 saturated carbocycles. The highest BCUT2D eigenvalue weighted by Crippen LogP contribution is 2.25. The number of aryl methyl sites for hydroxylation is 1. The molecule has 2 N–H and O–H groups in total. The smallest absolute Gasteiger partial charge is 0.261 e. The zero-order chi connectivity index (χ0) is 22.4. The number of piperidine rings is 1. The summed E-state index contributed by atoms with van der Waals surface area (Å²) in [6.45, 7) is 11.3. The van der Waals surface area contributed by atoms with Gasteiger partial charge >= 0.3 is 0 Å². The molecule has 0 aromatic heterocycles. The van der Waals surface area contributed by atoms with Crippen molar-refractivity contribution in [3.05, 3.63) is 64.7 Å². The number of hydrogen-bond donors (Lipinski definition) is 2. The fourth-order valence-electron chi connectivity index (χ4n) is 3.78. The highest BCUT2D eigenvalue weighted by molar-refractivity contribution is 5.80. The normalized spacial score (nSPS) is 16.3. The van der Waals surface area contributed by atoms with Gasteiger partial charge in [0.1, 0.15) is 5.75 Å². The van der Waals surface area contributed by atoms with Crippen molar-refractivity contribution in [1.82, 2.24) is 10.2 Å². The predicted octanol–water partition coefficient (Wildman–Crippen LogP) is 4.16. The SMILES string of the molecule is Cc1ccc(C(C)C)cc1OC(C)C(=O)NCc1ccc(CN2CCC(O)CC2)cc1. The van der Waals surface area contributed by atoms with E-state index in [4.69, 9.17) is 4.74 Å². The lowest BCUT2D eigenvalue weighted by Crippen LogP contribution is -2.36. The van der Waals surface area contributed by atoms with Gasteiger partial charge in [0.05, 0.1) is 6.10 Å². The molecule has 0 bridgehead atoms. The van der Waals surface area contributed by atoms with E-state index in [1.807, 2.05) is 19.1 Å². The van der Waals surface area contributed by atoms with Crippen LogP contribution in [0.15, 0.2) is 42.5 Å². The van der Waals surface area contributed by atoms with Gasteiger partial charge in [0.25, 0.3) is 5.91 Å². The molecule has 1 aliphatic rings. The molecular weight excluding hydrogens is 388 g/mol. The molecule has 31 heavy (non-hydrogen) atoms. The van der Waals surface area contributed by atoms with E-state index in [2.05, 4.69) is 54.4 Å². The van der Waals surface area contributed by atoms with Crippen molar-refractivity contribution >= 4 is 5.91 Å². The molecule has 2 aromatic carbocycles. The number of aliphatic hydroxyl groups is 1. The molecule has 2 aromatic rings. The van der Waals surface area contributed by atoms with Crippen LogP contribution in [0.2, 0.25) is 0 Å². The van der Waals surface area contributed by atoms with Crippen LogP contribution in [0.5, 0.6) is 5.75 Å². The zero-order valence-electron chi connectivity index (χ0n) is 19.2. The summed E-state index contributed by atoms with van der Waals surface area (Å²) in [5, 5.41) is 12.6. The molecule has 1 saturated heterocycles. The van der Waals surface area contributed by atoms with E-state index in [0.29, 0.717) is 12.5 Å². The number of ether oxygens (including phenoxy) is 1. The van der Waals surface area contributed by atoms with Crippen LogP contribution < -0.4 is 10.1 Å². The molecule has 5 heteroatoms. The van der Waals surface area contributed by atoms with Crippen LogP contribution in [-0.4, -0.2) is 41.2 Å². The maximum atomic E-state index is 12.5. The quantitative estimate of drug-likeness (QED) is 0.668. The van der Waals surface area contributed by atoms with Gasteiger partial charge in [0.2, 0.25) is 0 Å². The number of rotatable bonds is 8. The van der Waals surface area contributed by atoms with Gasteiger partial charge in [-0.1, -0.05) is 50.2 Å². The first kappa shape index (κ1) is 23.3. The summed E-state index contributed by atoms with van der Waals surface area (Å²) in [4.78, 5) is 14.9. The largest absolute Gasteiger partial charge is 0.481 e. The number of carbonyl (C=O) groups is 1. The van der Waals surface area contributed by atoms with E-state index in [1.54, 1.807) is 6.92 Å². The van der Waals surface area contributed by atoms with Gasteiger partial charge in [-0.2, -0.15) is 0 Å². The molecule has 1 amide bonds. The summed E-state index contributed by atoms with van der Waals surface area (Å²) in [7, 11) is 0. The summed E-state index contributed by atoms with van der Waals surface area (Å²) in [5.41, 5.74) is 4.55. The zero-order valence-corrected chi connectivity index (χ0v) is 19.2. The molecular formula is C26H36N2O3. The number of likely N-dealkylation sites (tertiary alicyclic amines) is 1. The van der Waals surface area contributed by atoms with E-state index in [9.17, 15) is 9.90 Å². The van der Waals surface area contributed by atoms with Crippen LogP contribution in [0.4, 0.5) is 0 Å². The minimum absolute atomic E-state index is 0.120. The van der Waals surface area contributed by atoms with Gasteiger partial charge in [0, 0.05) is 26.2 Å². The Morgan fingerprint density at radius 2 is 1.74 bits per heavy atom. The first-order valence-electron chi connectivity index (χ1n) is 11.3. The van der Waals surface area contributed by atoms with Gasteiger partial charge < -0.3 is 15.2 Å². The summed E-state index contributed by atoms with van der Waals surface area (Å²) in [6.07, 6.45) is 1.00. The maximum Gasteiger partial charge on any atom is 0.261 e. The van der Waals surface area contributed by atoms with Crippen molar-refractivity contribution in [2.24, 2.45) is 0 Å². The lowest BCUT2D eigenvalue weighted by molar-refractivity contribution is -0.127. The molecule has 1 aliphatic heterocycles. The number of benzene rings is 2. The summed E-state index contributed by atoms with van der Waals surface area (Å²) in [5.74, 6) is 1.06. The van der Waals surface area contributed by atoms with Crippen molar-refractivity contribution in [1.29, 1.82) is 0 Å². The summed E-state index contributed by atoms with van der Waals surface area (Å²) in [6, 6.07) is 14.6. The Bertz CT molecular complexity index is 855. The number of nitrogens with zero attached hydrogens (tertiary/aromatic N) is 1. The monoisotopic (exact) mass is 424 g/mol. The van der Waals surface area contributed by atoms with E-state index in [0.717, 1.165) is 49.4 Å². The third-order valence-electron chi connectivity index (χ3n) is 6.00. The lowest BCUT2D eigenvalue weighted by Gasteiger charge is -2.29. The van der Waals surface area contributed by atoms with Crippen molar-refractivity contribution < 1.29 is 14.6 Å². The van der Waals surface area contributed by atoms with Crippen LogP contribution in [0.25, 0.3) is 0 Å². The highest BCUT2D eigenvalue weighted by atomic mass is 16.5. The van der Waals surface area contributed by atoms with E-state index in [1.165, 1.54) is 11.1 Å². The Kier molecular flexibility index (Phi) is 8.10. The average molecular weight is 425 g/mol. The topological polar surface area (TPSA) is 61.8 Å². The number of carbonyl (C=O) groups excluding carboxylic acids is 1. The van der Waals surface area contributed by atoms with Gasteiger partial charge in [-0.25, -0.2) is 0 Å². The molecule has 1 unspecified atom stereocenters. The van der Waals surface area contributed by atoms with Gasteiger partial charge in [-0.05, 0) is 60.9 Å². The fourth-order valence-corrected chi connectivity index (χ4v) is 3.78. The average Bonchev–Trinajstić information content (AvgIpc) is 2.76. The summed E-state index contributed by atoms with van der Waals surface area (Å²) < 4.78 is 5.96. The second-order valence-corrected chi connectivity index (χ2v) is 8.98. The van der Waals surface area contributed by atoms with Crippen LogP contribution >= 0.6 is 0 Å². The van der Waals surface area contributed by atoms with Crippen LogP contribution in [0.3, 0.4) is 0 Å². The molecule has 0 radical (unpaired) electrons. The van der Waals surface area contributed by atoms with Crippen molar-refractivity contribution in [2.45, 2.75) is 71.8 Å². The third kappa shape index (κ3) is 6.81. The van der Waals surface area contributed by atoms with Gasteiger partial charge in [0.15, 0.2) is 6.10 Å². The second kappa shape index (κ2) is 10.8. The van der Waals surface area contributed by atoms with E-state index < -0.39 is 6.10 Å². The Hall–Kier alpha value is -2.37. The first-order chi connectivity index (χ1) is 14.8. The third-order valence-corrected chi connectivity index (χ3v) is 6.00. The molecule has 1 atom stereocenters. The van der Waals surface area contributed by atoms with Crippen LogP contribution in [0.1, 0.15) is 61.8 Å². The van der Waals surface area contributed by atoms with Crippen LogP contribution in [0, 0.1) is 6.92 Å². The van der Waals surface area contributed by atoms with Crippen molar-refractivity contribution in [2.75, 3.05) is 13.1 Å². The van der Waals surface area contributed by atoms with E-state index in [-0.39, 0.29) is 12.0 Å². The molecule has 168 valence electrons. The number of hydrogen-bond acceptors (Lipinski definition) is 4. The maximum absolute atomic E-state index is 12.5. The molecule has 5 nitrogen and oxygen atoms in total. The summed E-state index contributed by atoms with van der Waals surface area (Å²) >= 11 is 0. The Morgan fingerprint density at radius 1 is 1.10 bits per heavy atom. The van der Waals surface area contributed by atoms with Gasteiger partial charge in [-0.15, -0.1) is 0 Å². The first-order valence-corrected chi connectivity index (χ1v) is 11.3. The second-order valence-electron chi connectivity index (χ2n) is 8.98. The molecule has 0 aliphatic carbocycles. The minimum Gasteiger partial charge on any atom is -0.481 e. The molecule has 0 spiro atoms. The molecule has 1 fully saturated rings. The number of nitrogens with one attached hydrogen (secondary N) is 1. The fraction of sp³-hybridized carbons (Fsp3) is 0.500. The Balaban J connectivity index is 1.48. The van der Waals surface area contributed by atoms with Crippen molar-refractivity contribution in [3.63, 3.8) is 0 Å². The van der Waals surface area contributed by atoms with Crippen molar-refractivity contribution in [3.8, 4) is 5.75 Å². The lowest BCUT2D eigenvalue weighted by atomic mass is 10.0. The Morgan fingerprint density at radius 3 is 2.39 bits per heavy atom. The van der Waals surface area contributed by atoms with E-state index >= 15 is 0 Å². The Labute approximate surface area is 186 Å². The number of aliphatic hydroxyl groups excluding tert-OH is 1. The molecule has 3 rings (SSSR count). The number of amides is 1. The van der Waals surface area contributed by atoms with Crippen LogP contribution in [-0.2, 0) is 17.9 Å². The highest BCUT2D eigenvalue weighted by Gasteiger charge is 2.18. The standard InChI is InChI=1S/C26H36N2O3/c1-18(2)23-10-5-19(3)25(15-23)31-20(4)26(30)27-16-21-6-8-22(9-7-21)17-28-13-11-24(29)12-14-28/h5-10,15,18,20,24,29H,11-14,16-17H2,1-4H3,(H,27,30). The predicted molar refractivity (Wildman–Crippen MR) is 124 cm³/mol. The minimum atomic E-state index is -0.560. The molecule has 1 heterocycles. The van der Waals surface area contributed by atoms with Gasteiger partial charge in [-0.3, -0.25) is 9.69 Å².